The summed E-state index contributed by atoms with van der Waals surface area (Å²) in [4.78, 5) is 0. The van der Waals surface area contributed by atoms with Crippen LogP contribution in [0.1, 0.15) is 19.3 Å². The van der Waals surface area contributed by atoms with Gasteiger partial charge in [-0.05, 0) is 12.8 Å². The highest BCUT2D eigenvalue weighted by Crippen LogP contribution is 2.17. The summed E-state index contributed by atoms with van der Waals surface area (Å²) in [5, 5.41) is 0. The Morgan fingerprint density at radius 1 is 1.44 bits per heavy atom. The zero-order valence-corrected chi connectivity index (χ0v) is 5.69. The van der Waals surface area contributed by atoms with Gasteiger partial charge in [-0.15, -0.1) is 0 Å². The van der Waals surface area contributed by atoms with Gasteiger partial charge in [0.1, 0.15) is 0 Å². The Morgan fingerprint density at radius 2 is 2.11 bits per heavy atom. The van der Waals surface area contributed by atoms with Gasteiger partial charge in [0.2, 0.25) is 0 Å². The summed E-state index contributed by atoms with van der Waals surface area (Å²) in [6, 6.07) is 0.308. The van der Waals surface area contributed by atoms with Gasteiger partial charge in [0.15, 0.2) is 0 Å². The van der Waals surface area contributed by atoms with Crippen molar-refractivity contribution in [3.8, 4) is 0 Å². The summed E-state index contributed by atoms with van der Waals surface area (Å²) in [6.07, 6.45) is 3.26. The second kappa shape index (κ2) is 2.93. The van der Waals surface area contributed by atoms with Gasteiger partial charge in [-0.1, -0.05) is 10.9 Å². The third-order valence-corrected chi connectivity index (χ3v) is 1.67. The Bertz CT molecular complexity index is 197. The van der Waals surface area contributed by atoms with E-state index >= 15 is 0 Å². The highest BCUT2D eigenvalue weighted by atomic mass is 32.2. The zero-order valence-electron chi connectivity index (χ0n) is 4.87. The Balaban J connectivity index is 2.26. The van der Waals surface area contributed by atoms with E-state index in [9.17, 15) is 8.42 Å². The van der Waals surface area contributed by atoms with E-state index < -0.39 is 10.5 Å². The molecule has 1 saturated carbocycles. The van der Waals surface area contributed by atoms with E-state index in [-0.39, 0.29) is 0 Å². The van der Waals surface area contributed by atoms with Crippen LogP contribution in [0.5, 0.6) is 0 Å². The van der Waals surface area contributed by atoms with Crippen molar-refractivity contribution in [2.75, 3.05) is 0 Å². The summed E-state index contributed by atoms with van der Waals surface area (Å²) >= 11 is 0. The monoisotopic (exact) mass is 148 g/mol. The Morgan fingerprint density at radius 3 is 2.44 bits per heavy atom. The number of hydrogen-bond acceptors (Lipinski definition) is 3. The molecule has 1 fully saturated rings. The lowest BCUT2D eigenvalue weighted by molar-refractivity contribution is 0.348. The predicted octanol–water partition coefficient (Wildman–Crippen LogP) is 0.106. The van der Waals surface area contributed by atoms with E-state index in [0.717, 1.165) is 12.8 Å². The molecule has 0 aromatic heterocycles. The minimum Gasteiger partial charge on any atom is -0.195 e. The topological polar surface area (TPSA) is 58.5 Å². The smallest absolute Gasteiger partial charge is 0.195 e. The fourth-order valence-electron chi connectivity index (χ4n) is 0.655. The van der Waals surface area contributed by atoms with E-state index in [0.29, 0.717) is 6.04 Å². The quantitative estimate of drug-likeness (QED) is 0.565. The molecule has 0 aromatic rings. The van der Waals surface area contributed by atoms with Crippen LogP contribution in [0.15, 0.2) is 4.47 Å². The van der Waals surface area contributed by atoms with E-state index in [1.807, 2.05) is 0 Å². The second-order valence-electron chi connectivity index (χ2n) is 2.07. The molecular formula is C4H8N2O2S. The lowest BCUT2D eigenvalue weighted by atomic mass is 9.94. The molecule has 0 atom stereocenters. The lowest BCUT2D eigenvalue weighted by Crippen LogP contribution is -2.30. The number of hydrogen-bond donors (Lipinski definition) is 1. The summed E-state index contributed by atoms with van der Waals surface area (Å²) < 4.78 is 22.7. The summed E-state index contributed by atoms with van der Waals surface area (Å²) in [7, 11) is -2.29. The molecule has 0 unspecified atom stereocenters. The van der Waals surface area contributed by atoms with Crippen molar-refractivity contribution in [1.29, 1.82) is 0 Å². The Hall–Kier alpha value is -0.420. The molecule has 0 spiro atoms. The van der Waals surface area contributed by atoms with Gasteiger partial charge in [0, 0.05) is 6.04 Å². The maximum absolute atomic E-state index is 9.81. The van der Waals surface area contributed by atoms with Crippen molar-refractivity contribution in [2.45, 2.75) is 25.3 Å². The highest BCUT2D eigenvalue weighted by molar-refractivity contribution is 7.61. The molecule has 0 radical (unpaired) electrons. The van der Waals surface area contributed by atoms with Crippen molar-refractivity contribution in [3.63, 3.8) is 0 Å². The first kappa shape index (κ1) is 6.70. The van der Waals surface area contributed by atoms with Crippen LogP contribution in [0.3, 0.4) is 0 Å². The first-order chi connectivity index (χ1) is 4.29. The van der Waals surface area contributed by atoms with Crippen LogP contribution in [0.25, 0.3) is 0 Å². The van der Waals surface area contributed by atoms with Crippen molar-refractivity contribution in [1.82, 2.24) is 5.43 Å². The summed E-state index contributed by atoms with van der Waals surface area (Å²) in [6.45, 7) is 0. The summed E-state index contributed by atoms with van der Waals surface area (Å²) in [5.41, 5.74) is 2.53. The molecule has 0 bridgehead atoms. The standard InChI is InChI=1S/C4H8N2O2S/c7-9(8)6-5-4-2-1-3-4/h4-5H,1-3H2. The lowest BCUT2D eigenvalue weighted by Gasteiger charge is -2.22. The SMILES string of the molecule is O=S(=O)=NNC1CCC1. The van der Waals surface area contributed by atoms with Crippen LogP contribution in [0, 0.1) is 0 Å². The Kier molecular flexibility index (Phi) is 2.18. The number of nitrogens with zero attached hydrogens (tertiary/aromatic N) is 1. The minimum atomic E-state index is -2.29. The summed E-state index contributed by atoms with van der Waals surface area (Å²) in [5.74, 6) is 0. The average molecular weight is 148 g/mol. The molecule has 5 heteroatoms. The third kappa shape index (κ3) is 2.11. The van der Waals surface area contributed by atoms with E-state index in [1.54, 1.807) is 0 Å². The maximum Gasteiger partial charge on any atom is 0.327 e. The molecule has 0 saturated heterocycles. The van der Waals surface area contributed by atoms with Crippen molar-refractivity contribution in [2.24, 2.45) is 4.47 Å². The molecule has 52 valence electrons. The third-order valence-electron chi connectivity index (χ3n) is 1.41. The normalized spacial score (nSPS) is 18.7. The van der Waals surface area contributed by atoms with Crippen LogP contribution in [-0.2, 0) is 10.5 Å². The van der Waals surface area contributed by atoms with Crippen LogP contribution < -0.4 is 5.43 Å². The number of nitrogens with one attached hydrogen (secondary N) is 1. The molecular weight excluding hydrogens is 140 g/mol. The molecule has 0 aromatic carbocycles. The fourth-order valence-corrected chi connectivity index (χ4v) is 0.890. The first-order valence-corrected chi connectivity index (χ1v) is 3.88. The van der Waals surface area contributed by atoms with Gasteiger partial charge in [-0.3, -0.25) is 0 Å². The highest BCUT2D eigenvalue weighted by Gasteiger charge is 2.15. The molecule has 1 aliphatic rings. The van der Waals surface area contributed by atoms with E-state index in [2.05, 4.69) is 9.90 Å². The van der Waals surface area contributed by atoms with Crippen LogP contribution in [0.4, 0.5) is 0 Å². The molecule has 0 aliphatic heterocycles. The van der Waals surface area contributed by atoms with E-state index in [4.69, 9.17) is 0 Å². The van der Waals surface area contributed by atoms with Crippen LogP contribution in [-0.4, -0.2) is 14.5 Å². The largest absolute Gasteiger partial charge is 0.327 e. The first-order valence-electron chi connectivity index (χ1n) is 2.84. The maximum atomic E-state index is 9.81. The van der Waals surface area contributed by atoms with E-state index in [1.165, 1.54) is 6.42 Å². The van der Waals surface area contributed by atoms with Gasteiger partial charge in [0.05, 0.1) is 0 Å². The fraction of sp³-hybridized carbons (Fsp3) is 1.00. The predicted molar refractivity (Wildman–Crippen MR) is 32.1 cm³/mol. The van der Waals surface area contributed by atoms with Crippen molar-refractivity contribution < 1.29 is 8.42 Å². The molecule has 1 aliphatic carbocycles. The Labute approximate surface area is 54.9 Å². The molecule has 9 heavy (non-hydrogen) atoms. The van der Waals surface area contributed by atoms with Gasteiger partial charge < -0.3 is 0 Å². The van der Waals surface area contributed by atoms with Crippen LogP contribution in [0.2, 0.25) is 0 Å². The van der Waals surface area contributed by atoms with Gasteiger partial charge in [0.25, 0.3) is 0 Å². The molecule has 0 heterocycles. The molecule has 0 amide bonds. The van der Waals surface area contributed by atoms with Crippen LogP contribution >= 0.6 is 0 Å². The average Bonchev–Trinajstić information content (AvgIpc) is 1.60. The van der Waals surface area contributed by atoms with Crippen molar-refractivity contribution >= 4 is 10.5 Å². The molecule has 1 N–H and O–H groups in total. The van der Waals surface area contributed by atoms with Crippen molar-refractivity contribution in [3.05, 3.63) is 0 Å². The number of rotatable bonds is 2. The molecule has 1 rings (SSSR count). The van der Waals surface area contributed by atoms with Gasteiger partial charge in [-0.25, -0.2) is 0 Å². The van der Waals surface area contributed by atoms with Gasteiger partial charge in [-0.2, -0.15) is 13.8 Å². The van der Waals surface area contributed by atoms with Gasteiger partial charge >= 0.3 is 10.5 Å². The molecule has 4 nitrogen and oxygen atoms in total. The minimum absolute atomic E-state index is 0.308. The zero-order chi connectivity index (χ0) is 6.69. The second-order valence-corrected chi connectivity index (χ2v) is 2.68.